The molecular formula is C26H21NO5. The molecule has 4 rings (SSSR count). The molecule has 1 N–H and O–H groups in total. The van der Waals surface area contributed by atoms with E-state index in [-0.39, 0.29) is 29.3 Å². The Morgan fingerprint density at radius 3 is 2.25 bits per heavy atom. The number of aryl methyl sites for hydroxylation is 1. The minimum atomic E-state index is -0.754. The zero-order valence-electron chi connectivity index (χ0n) is 17.2. The van der Waals surface area contributed by atoms with Crippen molar-refractivity contribution in [2.24, 2.45) is 0 Å². The van der Waals surface area contributed by atoms with Crippen molar-refractivity contribution in [2.75, 3.05) is 0 Å². The molecule has 0 saturated carbocycles. The number of nitrogens with one attached hydrogen (secondary N) is 1. The van der Waals surface area contributed by atoms with Crippen LogP contribution in [0, 0.1) is 0 Å². The van der Waals surface area contributed by atoms with Crippen molar-refractivity contribution in [1.82, 2.24) is 5.32 Å². The lowest BCUT2D eigenvalue weighted by molar-refractivity contribution is -0.134. The maximum atomic E-state index is 12.4. The van der Waals surface area contributed by atoms with Gasteiger partial charge in [0, 0.05) is 24.4 Å². The second kappa shape index (κ2) is 9.75. The van der Waals surface area contributed by atoms with Crippen molar-refractivity contribution in [2.45, 2.75) is 19.4 Å². The lowest BCUT2D eigenvalue weighted by Gasteiger charge is -2.07. The van der Waals surface area contributed by atoms with Crippen LogP contribution in [0.1, 0.15) is 27.9 Å². The molecule has 4 aromatic rings. The number of carbonyl (C=O) groups is 2. The van der Waals surface area contributed by atoms with Gasteiger partial charge in [0.1, 0.15) is 16.9 Å². The first-order valence-corrected chi connectivity index (χ1v) is 10.2. The predicted molar refractivity (Wildman–Crippen MR) is 120 cm³/mol. The van der Waals surface area contributed by atoms with Crippen molar-refractivity contribution in [3.8, 4) is 5.75 Å². The van der Waals surface area contributed by atoms with E-state index in [9.17, 15) is 14.4 Å². The van der Waals surface area contributed by atoms with Crippen LogP contribution in [-0.4, -0.2) is 11.9 Å². The van der Waals surface area contributed by atoms with Crippen molar-refractivity contribution >= 4 is 22.8 Å². The Morgan fingerprint density at radius 1 is 0.844 bits per heavy atom. The quantitative estimate of drug-likeness (QED) is 0.271. The molecule has 1 aromatic heterocycles. The minimum absolute atomic E-state index is 0.0824. The van der Waals surface area contributed by atoms with E-state index in [2.05, 4.69) is 5.32 Å². The molecular weight excluding hydrogens is 406 g/mol. The number of hydrogen-bond donors (Lipinski definition) is 1. The molecule has 0 radical (unpaired) electrons. The van der Waals surface area contributed by atoms with E-state index >= 15 is 0 Å². The van der Waals surface area contributed by atoms with Gasteiger partial charge in [-0.05, 0) is 35.7 Å². The molecule has 6 heteroatoms. The molecule has 160 valence electrons. The Labute approximate surface area is 184 Å². The number of benzene rings is 3. The Kier molecular flexibility index (Phi) is 6.41. The Hall–Kier alpha value is -4.19. The van der Waals surface area contributed by atoms with Gasteiger partial charge >= 0.3 is 11.6 Å². The lowest BCUT2D eigenvalue weighted by Crippen LogP contribution is -2.27. The highest BCUT2D eigenvalue weighted by Crippen LogP contribution is 2.21. The zero-order valence-corrected chi connectivity index (χ0v) is 17.2. The second-order valence-corrected chi connectivity index (χ2v) is 7.28. The summed E-state index contributed by atoms with van der Waals surface area (Å²) >= 11 is 0. The van der Waals surface area contributed by atoms with Crippen LogP contribution in [0.15, 0.2) is 94.1 Å². The minimum Gasteiger partial charge on any atom is -0.426 e. The predicted octanol–water partition coefficient (Wildman–Crippen LogP) is 4.26. The number of fused-ring (bicyclic) bond motifs is 1. The summed E-state index contributed by atoms with van der Waals surface area (Å²) in [6.45, 7) is 0.301. The van der Waals surface area contributed by atoms with E-state index < -0.39 is 11.5 Å². The Bertz CT molecular complexity index is 1300. The van der Waals surface area contributed by atoms with Gasteiger partial charge in [0.05, 0.1) is 0 Å². The van der Waals surface area contributed by atoms with Crippen LogP contribution in [0.3, 0.4) is 0 Å². The van der Waals surface area contributed by atoms with Crippen molar-refractivity contribution in [1.29, 1.82) is 0 Å². The number of amides is 1. The summed E-state index contributed by atoms with van der Waals surface area (Å²) in [5.41, 5.74) is 1.37. The van der Waals surface area contributed by atoms with E-state index in [1.165, 1.54) is 12.1 Å². The van der Waals surface area contributed by atoms with Crippen LogP contribution in [0.2, 0.25) is 0 Å². The molecule has 6 nitrogen and oxygen atoms in total. The fourth-order valence-electron chi connectivity index (χ4n) is 3.26. The smallest absolute Gasteiger partial charge is 0.349 e. The standard InChI is InChI=1S/C26H21NO5/c28-24(14-11-18-7-3-1-4-8-18)31-21-13-12-20-15-22(26(30)32-23(20)16-21)25(29)27-17-19-9-5-2-6-10-19/h1-10,12-13,15-16H,11,14,17H2,(H,27,29). The summed E-state index contributed by atoms with van der Waals surface area (Å²) in [7, 11) is 0. The van der Waals surface area contributed by atoms with E-state index in [4.69, 9.17) is 9.15 Å². The topological polar surface area (TPSA) is 85.6 Å². The zero-order chi connectivity index (χ0) is 22.3. The number of carbonyl (C=O) groups excluding carboxylic acids is 2. The van der Waals surface area contributed by atoms with Gasteiger partial charge in [0.25, 0.3) is 5.91 Å². The molecule has 0 atom stereocenters. The van der Waals surface area contributed by atoms with Crippen LogP contribution in [-0.2, 0) is 17.8 Å². The summed E-state index contributed by atoms with van der Waals surface area (Å²) < 4.78 is 10.7. The summed E-state index contributed by atoms with van der Waals surface area (Å²) in [4.78, 5) is 36.9. The van der Waals surface area contributed by atoms with Crippen molar-refractivity contribution in [3.63, 3.8) is 0 Å². The molecule has 0 bridgehead atoms. The highest BCUT2D eigenvalue weighted by Gasteiger charge is 2.15. The lowest BCUT2D eigenvalue weighted by atomic mass is 10.1. The fraction of sp³-hybridized carbons (Fsp3) is 0.115. The molecule has 0 fully saturated rings. The van der Waals surface area contributed by atoms with E-state index in [0.29, 0.717) is 18.4 Å². The van der Waals surface area contributed by atoms with Gasteiger partial charge in [0.2, 0.25) is 0 Å². The van der Waals surface area contributed by atoms with Gasteiger partial charge < -0.3 is 14.5 Å². The van der Waals surface area contributed by atoms with Crippen molar-refractivity contribution in [3.05, 3.63) is 112 Å². The first-order valence-electron chi connectivity index (χ1n) is 10.2. The van der Waals surface area contributed by atoms with Gasteiger partial charge in [-0.25, -0.2) is 4.79 Å². The Morgan fingerprint density at radius 2 is 1.53 bits per heavy atom. The highest BCUT2D eigenvalue weighted by molar-refractivity contribution is 5.96. The van der Waals surface area contributed by atoms with Crippen molar-refractivity contribution < 1.29 is 18.7 Å². The number of esters is 1. The second-order valence-electron chi connectivity index (χ2n) is 7.28. The molecule has 1 heterocycles. The summed E-state index contributed by atoms with van der Waals surface area (Å²) in [6.07, 6.45) is 0.802. The molecule has 0 aliphatic carbocycles. The van der Waals surface area contributed by atoms with Gasteiger partial charge in [0.15, 0.2) is 0 Å². The summed E-state index contributed by atoms with van der Waals surface area (Å²) in [6, 6.07) is 25.3. The maximum absolute atomic E-state index is 12.4. The van der Waals surface area contributed by atoms with E-state index in [0.717, 1.165) is 11.1 Å². The Balaban J connectivity index is 1.42. The average Bonchev–Trinajstić information content (AvgIpc) is 2.82. The first-order chi connectivity index (χ1) is 15.6. The highest BCUT2D eigenvalue weighted by atomic mass is 16.5. The van der Waals surface area contributed by atoms with Gasteiger partial charge in [-0.1, -0.05) is 60.7 Å². The SMILES string of the molecule is O=C(CCc1ccccc1)Oc1ccc2cc(C(=O)NCc3ccccc3)c(=O)oc2c1. The fourth-order valence-corrected chi connectivity index (χ4v) is 3.26. The van der Waals surface area contributed by atoms with E-state index in [1.807, 2.05) is 60.7 Å². The normalized spacial score (nSPS) is 10.6. The van der Waals surface area contributed by atoms with E-state index in [1.54, 1.807) is 12.1 Å². The van der Waals surface area contributed by atoms with Gasteiger partial charge in [-0.2, -0.15) is 0 Å². The monoisotopic (exact) mass is 427 g/mol. The number of hydrogen-bond acceptors (Lipinski definition) is 5. The van der Waals surface area contributed by atoms with Crippen LogP contribution < -0.4 is 15.7 Å². The third kappa shape index (κ3) is 5.29. The van der Waals surface area contributed by atoms with Gasteiger partial charge in [-0.15, -0.1) is 0 Å². The molecule has 0 unspecified atom stereocenters. The molecule has 0 saturated heterocycles. The van der Waals surface area contributed by atoms with Crippen LogP contribution in [0.5, 0.6) is 5.75 Å². The molecule has 32 heavy (non-hydrogen) atoms. The maximum Gasteiger partial charge on any atom is 0.349 e. The number of ether oxygens (including phenoxy) is 1. The van der Waals surface area contributed by atoms with Crippen LogP contribution in [0.4, 0.5) is 0 Å². The largest absolute Gasteiger partial charge is 0.426 e. The molecule has 3 aromatic carbocycles. The molecule has 0 aliphatic heterocycles. The third-order valence-corrected chi connectivity index (χ3v) is 4.94. The van der Waals surface area contributed by atoms with Crippen LogP contribution >= 0.6 is 0 Å². The molecule has 0 aliphatic rings. The third-order valence-electron chi connectivity index (χ3n) is 4.94. The average molecular weight is 427 g/mol. The summed E-state index contributed by atoms with van der Waals surface area (Å²) in [5.74, 6) is -0.617. The molecule has 0 spiro atoms. The molecule has 1 amide bonds. The van der Waals surface area contributed by atoms with Crippen LogP contribution in [0.25, 0.3) is 11.0 Å². The van der Waals surface area contributed by atoms with Gasteiger partial charge in [-0.3, -0.25) is 9.59 Å². The summed E-state index contributed by atoms with van der Waals surface area (Å²) in [5, 5.41) is 3.27. The number of rotatable bonds is 7. The first kappa shape index (κ1) is 21.1.